The molecule has 0 aromatic heterocycles. The van der Waals surface area contributed by atoms with Gasteiger partial charge < -0.3 is 10.5 Å². The first-order valence-electron chi connectivity index (χ1n) is 10.6. The molecule has 30 heavy (non-hydrogen) atoms. The number of hydrogen-bond donors (Lipinski definition) is 1. The minimum Gasteiger partial charge on any atom is -0.492 e. The van der Waals surface area contributed by atoms with Crippen molar-refractivity contribution in [2.45, 2.75) is 57.3 Å². The van der Waals surface area contributed by atoms with E-state index >= 15 is 0 Å². The van der Waals surface area contributed by atoms with Gasteiger partial charge in [0.05, 0.1) is 5.56 Å². The standard InChI is InChI=1S/C24H29F3N2O/c1-23(14-17-6-8-18(28)9-7-17)15-19-10-11-20(16-23)29(19)12-13-30-22-5-3-2-4-21(22)24(25,26)27/h2-9,19-20H,10-16,28H2,1H3/t19-,20+,23-. The molecule has 0 amide bonds. The summed E-state index contributed by atoms with van der Waals surface area (Å²) in [6.45, 7) is 3.30. The van der Waals surface area contributed by atoms with Crippen molar-refractivity contribution in [3.63, 3.8) is 0 Å². The summed E-state index contributed by atoms with van der Waals surface area (Å²) in [4.78, 5) is 2.46. The Bertz CT molecular complexity index is 851. The molecule has 2 aliphatic heterocycles. The largest absolute Gasteiger partial charge is 0.492 e. The van der Waals surface area contributed by atoms with E-state index in [1.165, 1.54) is 17.7 Å². The third-order valence-electron chi connectivity index (χ3n) is 6.64. The molecule has 6 heteroatoms. The summed E-state index contributed by atoms with van der Waals surface area (Å²) in [5.41, 5.74) is 7.43. The summed E-state index contributed by atoms with van der Waals surface area (Å²) < 4.78 is 45.0. The average Bonchev–Trinajstić information content (AvgIpc) is 2.94. The Morgan fingerprint density at radius 2 is 1.67 bits per heavy atom. The predicted octanol–water partition coefficient (Wildman–Crippen LogP) is 5.54. The average molecular weight is 419 g/mol. The van der Waals surface area contributed by atoms with Gasteiger partial charge in [-0.1, -0.05) is 31.2 Å². The van der Waals surface area contributed by atoms with Crippen molar-refractivity contribution in [1.29, 1.82) is 0 Å². The summed E-state index contributed by atoms with van der Waals surface area (Å²) in [6, 6.07) is 14.5. The molecule has 2 heterocycles. The molecule has 162 valence electrons. The van der Waals surface area contributed by atoms with E-state index in [1.54, 1.807) is 6.07 Å². The highest BCUT2D eigenvalue weighted by Crippen LogP contribution is 2.47. The van der Waals surface area contributed by atoms with E-state index < -0.39 is 11.7 Å². The number of ether oxygens (including phenoxy) is 1. The van der Waals surface area contributed by atoms with Crippen LogP contribution in [0.3, 0.4) is 0 Å². The molecule has 2 N–H and O–H groups in total. The lowest BCUT2D eigenvalue weighted by atomic mass is 9.72. The van der Waals surface area contributed by atoms with Crippen molar-refractivity contribution in [3.05, 3.63) is 59.7 Å². The van der Waals surface area contributed by atoms with Gasteiger partial charge >= 0.3 is 6.18 Å². The number of para-hydroxylation sites is 1. The van der Waals surface area contributed by atoms with Crippen molar-refractivity contribution in [3.8, 4) is 5.75 Å². The van der Waals surface area contributed by atoms with Gasteiger partial charge in [0.15, 0.2) is 0 Å². The normalized spacial score (nSPS) is 26.7. The lowest BCUT2D eigenvalue weighted by molar-refractivity contribution is -0.139. The number of benzene rings is 2. The summed E-state index contributed by atoms with van der Waals surface area (Å²) in [5.74, 6) is -0.0810. The van der Waals surface area contributed by atoms with Crippen molar-refractivity contribution < 1.29 is 17.9 Å². The number of hydrogen-bond acceptors (Lipinski definition) is 3. The molecule has 2 aromatic carbocycles. The maximum absolute atomic E-state index is 13.2. The lowest BCUT2D eigenvalue weighted by Crippen LogP contribution is -2.48. The molecule has 4 rings (SSSR count). The zero-order valence-electron chi connectivity index (χ0n) is 17.3. The topological polar surface area (TPSA) is 38.5 Å². The Labute approximate surface area is 176 Å². The highest BCUT2D eigenvalue weighted by molar-refractivity contribution is 5.39. The highest BCUT2D eigenvalue weighted by atomic mass is 19.4. The molecule has 0 radical (unpaired) electrons. The first-order chi connectivity index (χ1) is 14.2. The van der Waals surface area contributed by atoms with Crippen LogP contribution in [0, 0.1) is 5.41 Å². The number of fused-ring (bicyclic) bond motifs is 2. The molecule has 0 saturated carbocycles. The highest BCUT2D eigenvalue weighted by Gasteiger charge is 2.45. The van der Waals surface area contributed by atoms with Gasteiger partial charge in [-0.2, -0.15) is 13.2 Å². The molecule has 2 bridgehead atoms. The molecular formula is C24H29F3N2O. The van der Waals surface area contributed by atoms with E-state index in [9.17, 15) is 13.2 Å². The Morgan fingerprint density at radius 1 is 1.03 bits per heavy atom. The molecule has 3 atom stereocenters. The van der Waals surface area contributed by atoms with Gasteiger partial charge in [-0.3, -0.25) is 4.90 Å². The molecule has 2 saturated heterocycles. The van der Waals surface area contributed by atoms with Crippen LogP contribution in [-0.4, -0.2) is 30.1 Å². The third-order valence-corrected chi connectivity index (χ3v) is 6.64. The fourth-order valence-electron chi connectivity index (χ4n) is 5.40. The van der Waals surface area contributed by atoms with Gasteiger partial charge in [-0.25, -0.2) is 0 Å². The first-order valence-corrected chi connectivity index (χ1v) is 10.6. The number of nitrogens with zero attached hydrogens (tertiary/aromatic N) is 1. The first kappa shape index (κ1) is 21.0. The number of rotatable bonds is 6. The van der Waals surface area contributed by atoms with Crippen molar-refractivity contribution in [1.82, 2.24) is 4.90 Å². The SMILES string of the molecule is C[C@@]1(Cc2ccc(N)cc2)C[C@H]2CC[C@@H](C1)N2CCOc1ccccc1C(F)(F)F. The maximum atomic E-state index is 13.2. The Hall–Kier alpha value is -2.21. The van der Waals surface area contributed by atoms with Crippen LogP contribution < -0.4 is 10.5 Å². The number of halogens is 3. The van der Waals surface area contributed by atoms with E-state index in [0.717, 1.165) is 43.9 Å². The second-order valence-electron chi connectivity index (χ2n) is 9.10. The monoisotopic (exact) mass is 418 g/mol. The van der Waals surface area contributed by atoms with Crippen LogP contribution >= 0.6 is 0 Å². The number of nitrogens with two attached hydrogens (primary N) is 1. The van der Waals surface area contributed by atoms with Gasteiger partial charge in [-0.15, -0.1) is 0 Å². The molecule has 2 aromatic rings. The number of anilines is 1. The molecule has 0 spiro atoms. The van der Waals surface area contributed by atoms with E-state index in [0.29, 0.717) is 18.6 Å². The number of alkyl halides is 3. The summed E-state index contributed by atoms with van der Waals surface area (Å²) in [5, 5.41) is 0. The van der Waals surface area contributed by atoms with Gasteiger partial charge in [-0.05, 0) is 67.3 Å². The third kappa shape index (κ3) is 4.59. The van der Waals surface area contributed by atoms with Crippen LogP contribution in [-0.2, 0) is 12.6 Å². The quantitative estimate of drug-likeness (QED) is 0.626. The van der Waals surface area contributed by atoms with E-state index in [2.05, 4.69) is 24.0 Å². The minimum atomic E-state index is -4.40. The number of nitrogen functional groups attached to an aromatic ring is 1. The van der Waals surface area contributed by atoms with E-state index in [-0.39, 0.29) is 17.8 Å². The molecule has 2 aliphatic rings. The van der Waals surface area contributed by atoms with E-state index in [4.69, 9.17) is 10.5 Å². The molecule has 2 fully saturated rings. The van der Waals surface area contributed by atoms with Crippen LogP contribution in [0.5, 0.6) is 5.75 Å². The number of piperidine rings is 1. The van der Waals surface area contributed by atoms with Gasteiger partial charge in [0, 0.05) is 24.3 Å². The molecule has 3 nitrogen and oxygen atoms in total. The Morgan fingerprint density at radius 3 is 2.30 bits per heavy atom. The van der Waals surface area contributed by atoms with Crippen molar-refractivity contribution in [2.75, 3.05) is 18.9 Å². The smallest absolute Gasteiger partial charge is 0.419 e. The van der Waals surface area contributed by atoms with Crippen LogP contribution in [0.1, 0.15) is 43.7 Å². The lowest BCUT2D eigenvalue weighted by Gasteiger charge is -2.45. The summed E-state index contributed by atoms with van der Waals surface area (Å²) in [6.07, 6.45) is 1.15. The Kier molecular flexibility index (Phi) is 5.71. The summed E-state index contributed by atoms with van der Waals surface area (Å²) >= 11 is 0. The van der Waals surface area contributed by atoms with Gasteiger partial charge in [0.2, 0.25) is 0 Å². The van der Waals surface area contributed by atoms with E-state index in [1.807, 2.05) is 12.1 Å². The van der Waals surface area contributed by atoms with Crippen LogP contribution in [0.2, 0.25) is 0 Å². The van der Waals surface area contributed by atoms with Gasteiger partial charge in [0.1, 0.15) is 12.4 Å². The fourth-order valence-corrected chi connectivity index (χ4v) is 5.40. The molecule has 0 aliphatic carbocycles. The minimum absolute atomic E-state index is 0.0810. The summed E-state index contributed by atoms with van der Waals surface area (Å²) in [7, 11) is 0. The maximum Gasteiger partial charge on any atom is 0.419 e. The van der Waals surface area contributed by atoms with Crippen molar-refractivity contribution in [2.24, 2.45) is 5.41 Å². The van der Waals surface area contributed by atoms with Crippen LogP contribution in [0.25, 0.3) is 0 Å². The van der Waals surface area contributed by atoms with Crippen LogP contribution in [0.15, 0.2) is 48.5 Å². The van der Waals surface area contributed by atoms with Crippen LogP contribution in [0.4, 0.5) is 18.9 Å². The van der Waals surface area contributed by atoms with Crippen molar-refractivity contribution >= 4 is 5.69 Å². The molecule has 0 unspecified atom stereocenters. The predicted molar refractivity (Wildman–Crippen MR) is 112 cm³/mol. The fraction of sp³-hybridized carbons (Fsp3) is 0.500. The second kappa shape index (κ2) is 8.14. The zero-order valence-corrected chi connectivity index (χ0v) is 17.3. The Balaban J connectivity index is 1.35. The molecular weight excluding hydrogens is 389 g/mol. The second-order valence-corrected chi connectivity index (χ2v) is 9.10. The van der Waals surface area contributed by atoms with Gasteiger partial charge in [0.25, 0.3) is 0 Å². The zero-order chi connectivity index (χ0) is 21.4.